The smallest absolute Gasteiger partial charge is 0.359 e. The van der Waals surface area contributed by atoms with Gasteiger partial charge >= 0.3 is 6.98 Å². The van der Waals surface area contributed by atoms with Gasteiger partial charge < -0.3 is 9.62 Å². The van der Waals surface area contributed by atoms with Gasteiger partial charge in [-0.1, -0.05) is 72.8 Å². The molecule has 5 heterocycles. The quantitative estimate of drug-likeness (QED) is 0.224. The van der Waals surface area contributed by atoms with Gasteiger partial charge in [-0.15, -0.1) is 0 Å². The standard InChI is InChI=1S/C35H23BN6/c1-2-11-24(12-3-1)40-33-19-10-22-37-34(33)39-35(40)29-21-20-25(23-38-29)41-31-17-8-9-18-32(31)42-30-16-7-5-14-27(30)26-13-4-6-15-28(26)36(41)42/h1-23H. The van der Waals surface area contributed by atoms with Crippen molar-refractivity contribution < 1.29 is 0 Å². The number of fused-ring (bicyclic) bond motifs is 9. The van der Waals surface area contributed by atoms with Crippen LogP contribution in [0.4, 0.5) is 22.7 Å². The van der Waals surface area contributed by atoms with Gasteiger partial charge in [-0.25, -0.2) is 9.97 Å². The molecule has 2 aliphatic rings. The topological polar surface area (TPSA) is 50.1 Å². The van der Waals surface area contributed by atoms with Crippen molar-refractivity contribution >= 4 is 46.4 Å². The van der Waals surface area contributed by atoms with E-state index in [1.165, 1.54) is 28.0 Å². The van der Waals surface area contributed by atoms with E-state index in [0.717, 1.165) is 34.1 Å². The van der Waals surface area contributed by atoms with Gasteiger partial charge in [-0.3, -0.25) is 9.55 Å². The van der Waals surface area contributed by atoms with Crippen molar-refractivity contribution in [1.82, 2.24) is 19.5 Å². The van der Waals surface area contributed by atoms with E-state index in [9.17, 15) is 0 Å². The Morgan fingerprint density at radius 3 is 2.05 bits per heavy atom. The molecule has 0 radical (unpaired) electrons. The fourth-order valence-corrected chi connectivity index (χ4v) is 6.53. The summed E-state index contributed by atoms with van der Waals surface area (Å²) in [5.74, 6) is 0.766. The van der Waals surface area contributed by atoms with Crippen molar-refractivity contribution in [3.63, 3.8) is 0 Å². The molecule has 7 aromatic rings. The average Bonchev–Trinajstić information content (AvgIpc) is 3.62. The molecule has 2 aliphatic heterocycles. The third-order valence-corrected chi connectivity index (χ3v) is 8.28. The highest BCUT2D eigenvalue weighted by Gasteiger charge is 2.47. The van der Waals surface area contributed by atoms with Crippen LogP contribution in [0.15, 0.2) is 140 Å². The molecule has 42 heavy (non-hydrogen) atoms. The second-order valence-corrected chi connectivity index (χ2v) is 10.6. The van der Waals surface area contributed by atoms with Crippen LogP contribution in [0.25, 0.3) is 39.5 Å². The maximum Gasteiger partial charge on any atom is 0.421 e. The fraction of sp³-hybridized carbons (Fsp3) is 0. The molecule has 0 aliphatic carbocycles. The van der Waals surface area contributed by atoms with E-state index < -0.39 is 0 Å². The van der Waals surface area contributed by atoms with Gasteiger partial charge in [0, 0.05) is 28.8 Å². The lowest BCUT2D eigenvalue weighted by Gasteiger charge is -2.36. The number of aromatic nitrogens is 4. The Labute approximate surface area is 243 Å². The van der Waals surface area contributed by atoms with Gasteiger partial charge in [-0.05, 0) is 65.6 Å². The van der Waals surface area contributed by atoms with E-state index in [0.29, 0.717) is 5.65 Å². The van der Waals surface area contributed by atoms with Gasteiger partial charge in [0.1, 0.15) is 5.69 Å². The highest BCUT2D eigenvalue weighted by molar-refractivity contribution is 6.86. The first kappa shape index (κ1) is 23.1. The lowest BCUT2D eigenvalue weighted by atomic mass is 9.59. The summed E-state index contributed by atoms with van der Waals surface area (Å²) in [5.41, 5.74) is 11.8. The van der Waals surface area contributed by atoms with Crippen LogP contribution in [-0.2, 0) is 0 Å². The molecule has 0 saturated heterocycles. The summed E-state index contributed by atoms with van der Waals surface area (Å²) >= 11 is 0. The summed E-state index contributed by atoms with van der Waals surface area (Å²) in [6, 6.07) is 44.6. The average molecular weight is 538 g/mol. The first-order valence-corrected chi connectivity index (χ1v) is 14.1. The number of imidazole rings is 1. The van der Waals surface area contributed by atoms with E-state index in [-0.39, 0.29) is 6.98 Å². The number of pyridine rings is 2. The van der Waals surface area contributed by atoms with Gasteiger partial charge in [0.15, 0.2) is 11.5 Å². The van der Waals surface area contributed by atoms with Crippen molar-refractivity contribution in [2.24, 2.45) is 0 Å². The minimum absolute atomic E-state index is 0.0285. The van der Waals surface area contributed by atoms with Crippen LogP contribution in [0.5, 0.6) is 0 Å². The molecule has 0 atom stereocenters. The summed E-state index contributed by atoms with van der Waals surface area (Å²) < 4.78 is 2.13. The van der Waals surface area contributed by atoms with Crippen molar-refractivity contribution in [2.45, 2.75) is 0 Å². The Hall–Kier alpha value is -5.69. The molecule has 0 spiro atoms. The van der Waals surface area contributed by atoms with E-state index in [2.05, 4.69) is 116 Å². The Morgan fingerprint density at radius 2 is 1.24 bits per heavy atom. The normalized spacial score (nSPS) is 13.1. The van der Waals surface area contributed by atoms with Crippen LogP contribution in [0.3, 0.4) is 0 Å². The van der Waals surface area contributed by atoms with Crippen molar-refractivity contribution in [2.75, 3.05) is 9.62 Å². The Bertz CT molecular complexity index is 2120. The summed E-state index contributed by atoms with van der Waals surface area (Å²) in [7, 11) is 0. The van der Waals surface area contributed by atoms with Crippen LogP contribution in [0.2, 0.25) is 0 Å². The number of anilines is 4. The molecular formula is C35H23BN6. The van der Waals surface area contributed by atoms with Gasteiger partial charge in [0.05, 0.1) is 23.1 Å². The highest BCUT2D eigenvalue weighted by Crippen LogP contribution is 2.50. The molecule has 0 unspecified atom stereocenters. The zero-order chi connectivity index (χ0) is 27.6. The number of nitrogens with zero attached hydrogens (tertiary/aromatic N) is 6. The predicted molar refractivity (Wildman–Crippen MR) is 170 cm³/mol. The number of hydrogen-bond acceptors (Lipinski definition) is 5. The number of hydrogen-bond donors (Lipinski definition) is 0. The Balaban J connectivity index is 1.20. The molecule has 7 heteroatoms. The number of para-hydroxylation sites is 4. The summed E-state index contributed by atoms with van der Waals surface area (Å²) in [5, 5.41) is 0. The zero-order valence-corrected chi connectivity index (χ0v) is 22.5. The van der Waals surface area contributed by atoms with Gasteiger partial charge in [0.25, 0.3) is 0 Å². The van der Waals surface area contributed by atoms with Crippen LogP contribution in [0.1, 0.15) is 0 Å². The van der Waals surface area contributed by atoms with Gasteiger partial charge in [0.2, 0.25) is 0 Å². The molecule has 0 fully saturated rings. The molecule has 9 rings (SSSR count). The lowest BCUT2D eigenvalue weighted by Crippen LogP contribution is -2.55. The third kappa shape index (κ3) is 3.25. The van der Waals surface area contributed by atoms with Crippen LogP contribution in [0, 0.1) is 0 Å². The summed E-state index contributed by atoms with van der Waals surface area (Å²) in [4.78, 5) is 19.3. The minimum atomic E-state index is -0.0285. The van der Waals surface area contributed by atoms with Crippen molar-refractivity contribution in [1.29, 1.82) is 0 Å². The molecule has 0 bridgehead atoms. The molecule has 3 aromatic heterocycles. The molecule has 4 aromatic carbocycles. The minimum Gasteiger partial charge on any atom is -0.359 e. The monoisotopic (exact) mass is 538 g/mol. The zero-order valence-electron chi connectivity index (χ0n) is 22.5. The number of rotatable bonds is 3. The second-order valence-electron chi connectivity index (χ2n) is 10.6. The summed E-state index contributed by atoms with van der Waals surface area (Å²) in [6.07, 6.45) is 3.75. The highest BCUT2D eigenvalue weighted by atomic mass is 15.3. The molecule has 6 nitrogen and oxygen atoms in total. The Morgan fingerprint density at radius 1 is 0.524 bits per heavy atom. The molecule has 0 saturated carbocycles. The Kier molecular flexibility index (Phi) is 4.89. The molecule has 0 amide bonds. The van der Waals surface area contributed by atoms with Crippen LogP contribution in [-0.4, -0.2) is 26.5 Å². The van der Waals surface area contributed by atoms with E-state index in [1.807, 2.05) is 36.5 Å². The predicted octanol–water partition coefficient (Wildman–Crippen LogP) is 7.15. The van der Waals surface area contributed by atoms with Crippen LogP contribution < -0.4 is 15.1 Å². The van der Waals surface area contributed by atoms with Crippen molar-refractivity contribution in [3.05, 3.63) is 140 Å². The van der Waals surface area contributed by atoms with Gasteiger partial charge in [-0.2, -0.15) is 0 Å². The largest absolute Gasteiger partial charge is 0.421 e. The van der Waals surface area contributed by atoms with E-state index in [1.54, 1.807) is 6.20 Å². The van der Waals surface area contributed by atoms with Crippen LogP contribution >= 0.6 is 0 Å². The van der Waals surface area contributed by atoms with E-state index in [4.69, 9.17) is 9.97 Å². The maximum atomic E-state index is 5.01. The second kappa shape index (κ2) is 8.91. The fourth-order valence-electron chi connectivity index (χ4n) is 6.53. The molecule has 196 valence electrons. The number of benzene rings is 4. The van der Waals surface area contributed by atoms with Crippen molar-refractivity contribution in [3.8, 4) is 28.3 Å². The molecule has 0 N–H and O–H groups in total. The molecular weight excluding hydrogens is 515 g/mol. The first-order valence-electron chi connectivity index (χ1n) is 14.1. The third-order valence-electron chi connectivity index (χ3n) is 8.28. The summed E-state index contributed by atoms with van der Waals surface area (Å²) in [6.45, 7) is -0.0285. The maximum absolute atomic E-state index is 5.01. The first-order chi connectivity index (χ1) is 20.9. The lowest BCUT2D eigenvalue weighted by molar-refractivity contribution is 1.08. The SMILES string of the molecule is c1ccc(-n2c(-c3ccc(N4B5c6ccccc6-c6ccccc6N5c5ccccc54)cn3)nc3ncccc32)cc1. The van der Waals surface area contributed by atoms with E-state index >= 15 is 0 Å².